The quantitative estimate of drug-likeness (QED) is 0.806. The summed E-state index contributed by atoms with van der Waals surface area (Å²) in [6, 6.07) is 1.58. The van der Waals surface area contributed by atoms with Crippen LogP contribution < -0.4 is 5.32 Å². The van der Waals surface area contributed by atoms with Crippen LogP contribution in [0.4, 0.5) is 0 Å². The molecule has 2 atom stereocenters. The maximum atomic E-state index is 3.83. The molecule has 0 radical (unpaired) electrons. The first-order chi connectivity index (χ1) is 9.99. The summed E-state index contributed by atoms with van der Waals surface area (Å²) in [5.74, 6) is 1.77. The SMILES string of the molecule is CCCC1CCC(N2CC(C)(CC)NCC2C(C)C)CC1. The van der Waals surface area contributed by atoms with E-state index in [0.29, 0.717) is 5.54 Å². The number of piperazine rings is 1. The topological polar surface area (TPSA) is 15.3 Å². The molecule has 0 aromatic rings. The number of rotatable bonds is 5. The summed E-state index contributed by atoms with van der Waals surface area (Å²) in [5, 5.41) is 3.83. The molecule has 0 bridgehead atoms. The minimum Gasteiger partial charge on any atom is -0.309 e. The van der Waals surface area contributed by atoms with E-state index in [2.05, 4.69) is 44.8 Å². The Morgan fingerprint density at radius 3 is 2.33 bits per heavy atom. The molecule has 0 aromatic carbocycles. The molecule has 124 valence electrons. The van der Waals surface area contributed by atoms with E-state index in [1.54, 1.807) is 0 Å². The van der Waals surface area contributed by atoms with E-state index < -0.39 is 0 Å². The van der Waals surface area contributed by atoms with Gasteiger partial charge in [0.15, 0.2) is 0 Å². The Kier molecular flexibility index (Phi) is 6.14. The summed E-state index contributed by atoms with van der Waals surface area (Å²) < 4.78 is 0. The van der Waals surface area contributed by atoms with Crippen molar-refractivity contribution in [1.82, 2.24) is 10.2 Å². The van der Waals surface area contributed by atoms with Crippen molar-refractivity contribution in [2.45, 2.75) is 97.2 Å². The van der Waals surface area contributed by atoms with Crippen molar-refractivity contribution < 1.29 is 0 Å². The predicted octanol–water partition coefficient (Wildman–Crippen LogP) is 4.44. The van der Waals surface area contributed by atoms with E-state index in [-0.39, 0.29) is 0 Å². The van der Waals surface area contributed by atoms with Crippen LogP contribution in [0.3, 0.4) is 0 Å². The number of nitrogens with zero attached hydrogens (tertiary/aromatic N) is 1. The predicted molar refractivity (Wildman–Crippen MR) is 92.7 cm³/mol. The lowest BCUT2D eigenvalue weighted by Crippen LogP contribution is -2.66. The molecule has 1 aliphatic heterocycles. The summed E-state index contributed by atoms with van der Waals surface area (Å²) in [7, 11) is 0. The fourth-order valence-electron chi connectivity index (χ4n) is 4.47. The normalized spacial score (nSPS) is 38.9. The summed E-state index contributed by atoms with van der Waals surface area (Å²) in [4.78, 5) is 2.90. The molecule has 2 fully saturated rings. The highest BCUT2D eigenvalue weighted by atomic mass is 15.3. The molecule has 2 heteroatoms. The summed E-state index contributed by atoms with van der Waals surface area (Å²) in [5.41, 5.74) is 0.325. The van der Waals surface area contributed by atoms with Crippen molar-refractivity contribution in [3.63, 3.8) is 0 Å². The van der Waals surface area contributed by atoms with Gasteiger partial charge in [-0.25, -0.2) is 0 Å². The minimum atomic E-state index is 0.325. The Labute approximate surface area is 133 Å². The fraction of sp³-hybridized carbons (Fsp3) is 1.00. The maximum Gasteiger partial charge on any atom is 0.0278 e. The molecule has 0 spiro atoms. The van der Waals surface area contributed by atoms with E-state index in [4.69, 9.17) is 0 Å². The summed E-state index contributed by atoms with van der Waals surface area (Å²) in [6.45, 7) is 14.3. The van der Waals surface area contributed by atoms with Gasteiger partial charge in [0, 0.05) is 30.7 Å². The summed E-state index contributed by atoms with van der Waals surface area (Å²) >= 11 is 0. The highest BCUT2D eigenvalue weighted by Gasteiger charge is 2.39. The smallest absolute Gasteiger partial charge is 0.0278 e. The Hall–Kier alpha value is -0.0800. The van der Waals surface area contributed by atoms with E-state index in [1.165, 1.54) is 58.0 Å². The van der Waals surface area contributed by atoms with Gasteiger partial charge >= 0.3 is 0 Å². The lowest BCUT2D eigenvalue weighted by Gasteiger charge is -2.52. The van der Waals surface area contributed by atoms with Crippen LogP contribution in [0.25, 0.3) is 0 Å². The largest absolute Gasteiger partial charge is 0.309 e. The van der Waals surface area contributed by atoms with Gasteiger partial charge in [0.1, 0.15) is 0 Å². The molecule has 2 unspecified atom stereocenters. The molecule has 2 rings (SSSR count). The maximum absolute atomic E-state index is 3.83. The molecule has 1 heterocycles. The fourth-order valence-corrected chi connectivity index (χ4v) is 4.47. The number of hydrogen-bond acceptors (Lipinski definition) is 2. The lowest BCUT2D eigenvalue weighted by atomic mass is 9.80. The third kappa shape index (κ3) is 4.22. The first-order valence-electron chi connectivity index (χ1n) is 9.50. The first-order valence-corrected chi connectivity index (χ1v) is 9.50. The van der Waals surface area contributed by atoms with Gasteiger partial charge in [0.25, 0.3) is 0 Å². The van der Waals surface area contributed by atoms with Crippen molar-refractivity contribution in [3.8, 4) is 0 Å². The Morgan fingerprint density at radius 2 is 1.81 bits per heavy atom. The van der Waals surface area contributed by atoms with Crippen molar-refractivity contribution in [1.29, 1.82) is 0 Å². The Bertz CT molecular complexity index is 307. The molecule has 1 saturated heterocycles. The summed E-state index contributed by atoms with van der Waals surface area (Å²) in [6.07, 6.45) is 9.87. The van der Waals surface area contributed by atoms with Gasteiger partial charge in [0.2, 0.25) is 0 Å². The van der Waals surface area contributed by atoms with Crippen molar-refractivity contribution in [2.24, 2.45) is 11.8 Å². The van der Waals surface area contributed by atoms with Crippen LogP contribution in [0.15, 0.2) is 0 Å². The Balaban J connectivity index is 2.00. The minimum absolute atomic E-state index is 0.325. The molecule has 2 nitrogen and oxygen atoms in total. The number of nitrogens with one attached hydrogen (secondary N) is 1. The first kappa shape index (κ1) is 17.3. The molecule has 1 saturated carbocycles. The van der Waals surface area contributed by atoms with Crippen LogP contribution in [0.1, 0.15) is 79.6 Å². The van der Waals surface area contributed by atoms with Gasteiger partial charge in [-0.3, -0.25) is 4.90 Å². The van der Waals surface area contributed by atoms with Crippen molar-refractivity contribution in [2.75, 3.05) is 13.1 Å². The van der Waals surface area contributed by atoms with Crippen LogP contribution in [-0.4, -0.2) is 35.6 Å². The monoisotopic (exact) mass is 294 g/mol. The van der Waals surface area contributed by atoms with E-state index in [1.807, 2.05) is 0 Å². The molecular weight excluding hydrogens is 256 g/mol. The van der Waals surface area contributed by atoms with E-state index in [0.717, 1.165) is 23.9 Å². The van der Waals surface area contributed by atoms with Gasteiger partial charge in [-0.1, -0.05) is 40.5 Å². The average Bonchev–Trinajstić information content (AvgIpc) is 2.48. The van der Waals surface area contributed by atoms with Crippen LogP contribution in [0.2, 0.25) is 0 Å². The lowest BCUT2D eigenvalue weighted by molar-refractivity contribution is 0.00588. The molecule has 21 heavy (non-hydrogen) atoms. The second kappa shape index (κ2) is 7.46. The van der Waals surface area contributed by atoms with Crippen LogP contribution in [-0.2, 0) is 0 Å². The highest BCUT2D eigenvalue weighted by Crippen LogP contribution is 2.34. The van der Waals surface area contributed by atoms with Gasteiger partial charge in [0.05, 0.1) is 0 Å². The molecule has 1 N–H and O–H groups in total. The third-order valence-electron chi connectivity index (χ3n) is 6.23. The van der Waals surface area contributed by atoms with Crippen LogP contribution in [0, 0.1) is 11.8 Å². The zero-order valence-corrected chi connectivity index (χ0v) is 15.1. The van der Waals surface area contributed by atoms with Crippen LogP contribution in [0.5, 0.6) is 0 Å². The van der Waals surface area contributed by atoms with Gasteiger partial charge in [-0.2, -0.15) is 0 Å². The van der Waals surface area contributed by atoms with E-state index >= 15 is 0 Å². The zero-order chi connectivity index (χ0) is 15.5. The van der Waals surface area contributed by atoms with Gasteiger partial charge in [-0.15, -0.1) is 0 Å². The standard InChI is InChI=1S/C19H38N2/c1-6-8-16-9-11-17(12-10-16)21-14-19(5,7-2)20-13-18(21)15(3)4/h15-18,20H,6-14H2,1-5H3. The second-order valence-corrected chi connectivity index (χ2v) is 8.24. The molecule has 2 aliphatic rings. The highest BCUT2D eigenvalue weighted by molar-refractivity contribution is 4.98. The van der Waals surface area contributed by atoms with Crippen LogP contribution >= 0.6 is 0 Å². The van der Waals surface area contributed by atoms with Gasteiger partial charge in [-0.05, 0) is 50.9 Å². The molecule has 1 aliphatic carbocycles. The van der Waals surface area contributed by atoms with Crippen molar-refractivity contribution in [3.05, 3.63) is 0 Å². The third-order valence-corrected chi connectivity index (χ3v) is 6.23. The van der Waals surface area contributed by atoms with Crippen molar-refractivity contribution >= 4 is 0 Å². The number of hydrogen-bond donors (Lipinski definition) is 1. The Morgan fingerprint density at radius 1 is 1.14 bits per heavy atom. The van der Waals surface area contributed by atoms with E-state index in [9.17, 15) is 0 Å². The second-order valence-electron chi connectivity index (χ2n) is 8.24. The molecule has 0 aromatic heterocycles. The molecule has 0 amide bonds. The van der Waals surface area contributed by atoms with Gasteiger partial charge < -0.3 is 5.32 Å². The zero-order valence-electron chi connectivity index (χ0n) is 15.1. The average molecular weight is 295 g/mol. The molecular formula is C19H38N2.